The summed E-state index contributed by atoms with van der Waals surface area (Å²) in [7, 11) is 0. The molecule has 0 radical (unpaired) electrons. The Morgan fingerprint density at radius 1 is 1.31 bits per heavy atom. The average molecular weight is 220 g/mol. The molecule has 0 saturated carbocycles. The smallest absolute Gasteiger partial charge is 0.371 e. The van der Waals surface area contributed by atoms with Crippen molar-refractivity contribution in [3.8, 4) is 5.75 Å². The number of hydrogen-bond donors (Lipinski definition) is 1. The Morgan fingerprint density at radius 2 is 2.06 bits per heavy atom. The van der Waals surface area contributed by atoms with Gasteiger partial charge in [0.15, 0.2) is 0 Å². The van der Waals surface area contributed by atoms with Crippen LogP contribution in [0.15, 0.2) is 28.7 Å². The summed E-state index contributed by atoms with van der Waals surface area (Å²) < 4.78 is 9.91. The number of carboxylic acids is 1. The van der Waals surface area contributed by atoms with Crippen molar-refractivity contribution in [3.05, 3.63) is 30.0 Å². The topological polar surface area (TPSA) is 76.7 Å². The van der Waals surface area contributed by atoms with Gasteiger partial charge in [-0.25, -0.2) is 4.79 Å². The molecule has 0 spiro atoms. The highest BCUT2D eigenvalue weighted by Crippen LogP contribution is 2.24. The fourth-order valence-corrected chi connectivity index (χ4v) is 1.36. The highest BCUT2D eigenvalue weighted by Gasteiger charge is 2.11. The molecule has 0 unspecified atom stereocenters. The summed E-state index contributed by atoms with van der Waals surface area (Å²) >= 11 is 0. The number of esters is 1. The third-order valence-electron chi connectivity index (χ3n) is 1.96. The van der Waals surface area contributed by atoms with Gasteiger partial charge in [-0.1, -0.05) is 0 Å². The maximum atomic E-state index is 10.7. The van der Waals surface area contributed by atoms with Crippen molar-refractivity contribution < 1.29 is 23.8 Å². The van der Waals surface area contributed by atoms with Crippen LogP contribution in [0.2, 0.25) is 0 Å². The summed E-state index contributed by atoms with van der Waals surface area (Å²) in [6.07, 6.45) is 0. The first-order chi connectivity index (χ1) is 7.56. The summed E-state index contributed by atoms with van der Waals surface area (Å²) in [6, 6.07) is 6.02. The number of aromatic carboxylic acids is 1. The summed E-state index contributed by atoms with van der Waals surface area (Å²) in [4.78, 5) is 21.4. The number of benzene rings is 1. The van der Waals surface area contributed by atoms with Crippen LogP contribution in [0.5, 0.6) is 5.75 Å². The number of ether oxygens (including phenoxy) is 1. The molecule has 82 valence electrons. The Morgan fingerprint density at radius 3 is 2.69 bits per heavy atom. The molecule has 0 amide bonds. The molecule has 1 N–H and O–H groups in total. The van der Waals surface area contributed by atoms with E-state index in [4.69, 9.17) is 14.3 Å². The number of carbonyl (C=O) groups is 2. The van der Waals surface area contributed by atoms with Crippen molar-refractivity contribution in [3.63, 3.8) is 0 Å². The van der Waals surface area contributed by atoms with E-state index in [0.717, 1.165) is 0 Å². The number of carbonyl (C=O) groups excluding carboxylic acids is 1. The number of furan rings is 1. The SMILES string of the molecule is CC(=O)Oc1ccc2oc(C(=O)O)cc2c1. The number of hydrogen-bond acceptors (Lipinski definition) is 4. The fourth-order valence-electron chi connectivity index (χ4n) is 1.36. The Bertz CT molecular complexity index is 567. The quantitative estimate of drug-likeness (QED) is 0.619. The van der Waals surface area contributed by atoms with E-state index < -0.39 is 11.9 Å². The zero-order valence-corrected chi connectivity index (χ0v) is 8.39. The van der Waals surface area contributed by atoms with Gasteiger partial charge in [-0.3, -0.25) is 4.79 Å². The van der Waals surface area contributed by atoms with E-state index in [1.54, 1.807) is 18.2 Å². The maximum absolute atomic E-state index is 10.7. The lowest BCUT2D eigenvalue weighted by Gasteiger charge is -1.99. The maximum Gasteiger partial charge on any atom is 0.371 e. The molecule has 0 bridgehead atoms. The van der Waals surface area contributed by atoms with E-state index in [-0.39, 0.29) is 5.76 Å². The van der Waals surface area contributed by atoms with E-state index in [1.165, 1.54) is 13.0 Å². The first-order valence-electron chi connectivity index (χ1n) is 4.51. The molecule has 0 aliphatic rings. The summed E-state index contributed by atoms with van der Waals surface area (Å²) in [5.74, 6) is -1.35. The first kappa shape index (κ1) is 10.2. The molecule has 0 aliphatic carbocycles. The molecule has 5 heteroatoms. The van der Waals surface area contributed by atoms with Crippen LogP contribution in [-0.2, 0) is 4.79 Å². The van der Waals surface area contributed by atoms with Gasteiger partial charge < -0.3 is 14.3 Å². The van der Waals surface area contributed by atoms with Crippen LogP contribution in [-0.4, -0.2) is 17.0 Å². The minimum atomic E-state index is -1.13. The Hall–Kier alpha value is -2.30. The van der Waals surface area contributed by atoms with Crippen LogP contribution in [0.3, 0.4) is 0 Å². The fraction of sp³-hybridized carbons (Fsp3) is 0.0909. The van der Waals surface area contributed by atoms with Crippen LogP contribution < -0.4 is 4.74 Å². The summed E-state index contributed by atoms with van der Waals surface area (Å²) in [6.45, 7) is 1.29. The molecule has 0 saturated heterocycles. The number of rotatable bonds is 2. The molecule has 2 rings (SSSR count). The van der Waals surface area contributed by atoms with Gasteiger partial charge in [0.1, 0.15) is 11.3 Å². The summed E-state index contributed by atoms with van der Waals surface area (Å²) in [5.41, 5.74) is 0.438. The highest BCUT2D eigenvalue weighted by molar-refractivity contribution is 5.92. The van der Waals surface area contributed by atoms with Crippen LogP contribution >= 0.6 is 0 Å². The standard InChI is InChI=1S/C11H8O5/c1-6(12)15-8-2-3-9-7(4-8)5-10(16-9)11(13)14/h2-5H,1H3,(H,13,14). The zero-order valence-electron chi connectivity index (χ0n) is 8.39. The van der Waals surface area contributed by atoms with Gasteiger partial charge in [0.05, 0.1) is 0 Å². The average Bonchev–Trinajstić information content (AvgIpc) is 2.59. The van der Waals surface area contributed by atoms with Gasteiger partial charge >= 0.3 is 11.9 Å². The minimum Gasteiger partial charge on any atom is -0.475 e. The van der Waals surface area contributed by atoms with Crippen molar-refractivity contribution in [2.24, 2.45) is 0 Å². The van der Waals surface area contributed by atoms with Crippen molar-refractivity contribution in [1.29, 1.82) is 0 Å². The predicted octanol–water partition coefficient (Wildman–Crippen LogP) is 2.06. The molecule has 1 aromatic carbocycles. The second kappa shape index (κ2) is 3.69. The molecule has 0 fully saturated rings. The van der Waals surface area contributed by atoms with Crippen LogP contribution in [0.25, 0.3) is 11.0 Å². The molecule has 2 aromatic rings. The molecule has 1 heterocycles. The van der Waals surface area contributed by atoms with Crippen molar-refractivity contribution in [2.45, 2.75) is 6.92 Å². The second-order valence-corrected chi connectivity index (χ2v) is 3.21. The van der Waals surface area contributed by atoms with Gasteiger partial charge in [-0.15, -0.1) is 0 Å². The van der Waals surface area contributed by atoms with Gasteiger partial charge in [-0.2, -0.15) is 0 Å². The van der Waals surface area contributed by atoms with E-state index in [0.29, 0.717) is 16.7 Å². The van der Waals surface area contributed by atoms with Crippen molar-refractivity contribution >= 4 is 22.9 Å². The van der Waals surface area contributed by atoms with Gasteiger partial charge in [0.25, 0.3) is 0 Å². The molecule has 0 atom stereocenters. The molecule has 16 heavy (non-hydrogen) atoms. The molecular weight excluding hydrogens is 212 g/mol. The highest BCUT2D eigenvalue weighted by atomic mass is 16.5. The zero-order chi connectivity index (χ0) is 11.7. The third kappa shape index (κ3) is 1.88. The minimum absolute atomic E-state index is 0.144. The van der Waals surface area contributed by atoms with E-state index in [1.807, 2.05) is 0 Å². The van der Waals surface area contributed by atoms with Crippen molar-refractivity contribution in [1.82, 2.24) is 0 Å². The first-order valence-corrected chi connectivity index (χ1v) is 4.51. The largest absolute Gasteiger partial charge is 0.475 e. The van der Waals surface area contributed by atoms with Crippen LogP contribution in [0.4, 0.5) is 0 Å². The molecule has 1 aromatic heterocycles. The molecule has 0 aliphatic heterocycles. The molecule has 5 nitrogen and oxygen atoms in total. The Balaban J connectivity index is 2.45. The van der Waals surface area contributed by atoms with E-state index in [2.05, 4.69) is 0 Å². The number of fused-ring (bicyclic) bond motifs is 1. The molecular formula is C11H8O5. The van der Waals surface area contributed by atoms with Crippen LogP contribution in [0, 0.1) is 0 Å². The summed E-state index contributed by atoms with van der Waals surface area (Å²) in [5, 5.41) is 9.30. The monoisotopic (exact) mass is 220 g/mol. The third-order valence-corrected chi connectivity index (χ3v) is 1.96. The number of carboxylic acid groups (broad SMARTS) is 1. The lowest BCUT2D eigenvalue weighted by molar-refractivity contribution is -0.131. The lowest BCUT2D eigenvalue weighted by atomic mass is 10.2. The normalized spacial score (nSPS) is 10.3. The van der Waals surface area contributed by atoms with E-state index >= 15 is 0 Å². The Kier molecular flexibility index (Phi) is 2.36. The second-order valence-electron chi connectivity index (χ2n) is 3.21. The van der Waals surface area contributed by atoms with Gasteiger partial charge in [0, 0.05) is 12.3 Å². The van der Waals surface area contributed by atoms with Crippen molar-refractivity contribution in [2.75, 3.05) is 0 Å². The Labute approximate surface area is 90.2 Å². The van der Waals surface area contributed by atoms with Gasteiger partial charge in [0.2, 0.25) is 5.76 Å². The predicted molar refractivity (Wildman–Crippen MR) is 54.5 cm³/mol. The van der Waals surface area contributed by atoms with E-state index in [9.17, 15) is 9.59 Å². The van der Waals surface area contributed by atoms with Gasteiger partial charge in [-0.05, 0) is 24.3 Å². The lowest BCUT2D eigenvalue weighted by Crippen LogP contribution is -2.00. The van der Waals surface area contributed by atoms with Crippen LogP contribution in [0.1, 0.15) is 17.5 Å².